The number of hydrogen-bond donors (Lipinski definition) is 1. The van der Waals surface area contributed by atoms with Gasteiger partial charge in [-0.2, -0.15) is 0 Å². The Labute approximate surface area is 125 Å². The van der Waals surface area contributed by atoms with Crippen LogP contribution in [0.4, 0.5) is 0 Å². The molecule has 1 heterocycles. The number of nitrogens with zero attached hydrogens (tertiary/aromatic N) is 1. The Bertz CT molecular complexity index is 666. The van der Waals surface area contributed by atoms with Crippen LogP contribution < -0.4 is 4.72 Å². The normalized spacial score (nSPS) is 12.0. The van der Waals surface area contributed by atoms with Gasteiger partial charge in [-0.1, -0.05) is 24.3 Å². The lowest BCUT2D eigenvalue weighted by atomic mass is 10.1. The maximum Gasteiger partial charge on any atom is 0.209 e. The second-order valence-electron chi connectivity index (χ2n) is 5.11. The van der Waals surface area contributed by atoms with Gasteiger partial charge in [0.15, 0.2) is 0 Å². The molecule has 0 atom stereocenters. The Kier molecular flexibility index (Phi) is 5.17. The van der Waals surface area contributed by atoms with Crippen LogP contribution in [0.1, 0.15) is 16.9 Å². The van der Waals surface area contributed by atoms with E-state index in [2.05, 4.69) is 9.62 Å². The number of sulfonamides is 1. The fourth-order valence-corrected chi connectivity index (χ4v) is 2.53. The molecule has 0 spiro atoms. The van der Waals surface area contributed by atoms with Gasteiger partial charge in [-0.15, -0.1) is 0 Å². The minimum atomic E-state index is -3.19. The average molecular weight is 308 g/mol. The molecule has 0 fully saturated rings. The molecule has 0 aliphatic rings. The average Bonchev–Trinajstić information content (AvgIpc) is 2.89. The Hall–Kier alpha value is -1.63. The standard InChI is InChI=1S/C15H20N2O3S/c1-17(12-15-8-5-9-20-15)11-14-7-4-3-6-13(14)10-16-21(2,18)19/h3-9,16H,10-12H2,1-2H3. The van der Waals surface area contributed by atoms with E-state index in [-0.39, 0.29) is 0 Å². The van der Waals surface area contributed by atoms with Gasteiger partial charge in [-0.3, -0.25) is 4.90 Å². The molecule has 2 rings (SSSR count). The van der Waals surface area contributed by atoms with Crippen molar-refractivity contribution in [2.45, 2.75) is 19.6 Å². The molecule has 114 valence electrons. The SMILES string of the molecule is CN(Cc1ccco1)Cc1ccccc1CNS(C)(=O)=O. The molecule has 21 heavy (non-hydrogen) atoms. The summed E-state index contributed by atoms with van der Waals surface area (Å²) in [4.78, 5) is 2.12. The summed E-state index contributed by atoms with van der Waals surface area (Å²) in [5.41, 5.74) is 2.08. The van der Waals surface area contributed by atoms with E-state index in [1.165, 1.54) is 6.26 Å². The number of rotatable bonds is 7. The third-order valence-corrected chi connectivity index (χ3v) is 3.76. The van der Waals surface area contributed by atoms with Crippen molar-refractivity contribution in [2.24, 2.45) is 0 Å². The van der Waals surface area contributed by atoms with Crippen LogP contribution >= 0.6 is 0 Å². The molecule has 0 amide bonds. The molecule has 0 aliphatic carbocycles. The number of furan rings is 1. The Morgan fingerprint density at radius 2 is 1.81 bits per heavy atom. The Morgan fingerprint density at radius 3 is 2.43 bits per heavy atom. The maximum absolute atomic E-state index is 11.2. The van der Waals surface area contributed by atoms with Crippen molar-refractivity contribution >= 4 is 10.0 Å². The summed E-state index contributed by atoms with van der Waals surface area (Å²) in [6, 6.07) is 11.6. The van der Waals surface area contributed by atoms with E-state index in [1.807, 2.05) is 43.4 Å². The zero-order chi connectivity index (χ0) is 15.3. The van der Waals surface area contributed by atoms with Crippen molar-refractivity contribution in [3.8, 4) is 0 Å². The van der Waals surface area contributed by atoms with Gasteiger partial charge in [0, 0.05) is 13.1 Å². The van der Waals surface area contributed by atoms with Crippen LogP contribution in [0.3, 0.4) is 0 Å². The van der Waals surface area contributed by atoms with E-state index >= 15 is 0 Å². The van der Waals surface area contributed by atoms with Gasteiger partial charge in [-0.25, -0.2) is 13.1 Å². The zero-order valence-electron chi connectivity index (χ0n) is 12.2. The van der Waals surface area contributed by atoms with E-state index < -0.39 is 10.0 Å². The molecule has 0 unspecified atom stereocenters. The van der Waals surface area contributed by atoms with Crippen LogP contribution in [0.15, 0.2) is 47.1 Å². The fraction of sp³-hybridized carbons (Fsp3) is 0.333. The molecule has 0 radical (unpaired) electrons. The molecule has 2 aromatic rings. The predicted molar refractivity (Wildman–Crippen MR) is 82.0 cm³/mol. The zero-order valence-corrected chi connectivity index (χ0v) is 13.1. The molecule has 1 aromatic carbocycles. The van der Waals surface area contributed by atoms with Crippen LogP contribution in [0.25, 0.3) is 0 Å². The summed E-state index contributed by atoms with van der Waals surface area (Å²) in [7, 11) is -1.18. The smallest absolute Gasteiger partial charge is 0.209 e. The highest BCUT2D eigenvalue weighted by atomic mass is 32.2. The Morgan fingerprint density at radius 1 is 1.10 bits per heavy atom. The summed E-state index contributed by atoms with van der Waals surface area (Å²) < 4.78 is 30.3. The third kappa shape index (κ3) is 5.34. The fourth-order valence-electron chi connectivity index (χ4n) is 2.11. The van der Waals surface area contributed by atoms with Crippen molar-refractivity contribution in [2.75, 3.05) is 13.3 Å². The molecule has 0 saturated carbocycles. The first-order valence-electron chi connectivity index (χ1n) is 6.66. The van der Waals surface area contributed by atoms with E-state index in [0.29, 0.717) is 13.1 Å². The second kappa shape index (κ2) is 6.89. The minimum absolute atomic E-state index is 0.309. The Balaban J connectivity index is 2.02. The summed E-state index contributed by atoms with van der Waals surface area (Å²) in [5.74, 6) is 0.907. The first-order valence-corrected chi connectivity index (χ1v) is 8.55. The lowest BCUT2D eigenvalue weighted by Crippen LogP contribution is -2.23. The lowest BCUT2D eigenvalue weighted by molar-refractivity contribution is 0.287. The topological polar surface area (TPSA) is 62.6 Å². The van der Waals surface area contributed by atoms with Crippen LogP contribution in [0, 0.1) is 0 Å². The van der Waals surface area contributed by atoms with Gasteiger partial charge in [0.1, 0.15) is 5.76 Å². The van der Waals surface area contributed by atoms with Crippen molar-refractivity contribution in [3.05, 3.63) is 59.5 Å². The van der Waals surface area contributed by atoms with Crippen LogP contribution in [-0.2, 0) is 29.7 Å². The van der Waals surface area contributed by atoms with Gasteiger partial charge in [0.25, 0.3) is 0 Å². The highest BCUT2D eigenvalue weighted by Crippen LogP contribution is 2.13. The van der Waals surface area contributed by atoms with Crippen LogP contribution in [0.2, 0.25) is 0 Å². The van der Waals surface area contributed by atoms with Gasteiger partial charge >= 0.3 is 0 Å². The van der Waals surface area contributed by atoms with Crippen molar-refractivity contribution < 1.29 is 12.8 Å². The van der Waals surface area contributed by atoms with E-state index in [0.717, 1.165) is 23.4 Å². The van der Waals surface area contributed by atoms with E-state index in [1.54, 1.807) is 6.26 Å². The first kappa shape index (κ1) is 15.8. The van der Waals surface area contributed by atoms with Gasteiger partial charge in [0.2, 0.25) is 10.0 Å². The van der Waals surface area contributed by atoms with Crippen LogP contribution in [0.5, 0.6) is 0 Å². The van der Waals surface area contributed by atoms with Gasteiger partial charge in [-0.05, 0) is 30.3 Å². The van der Waals surface area contributed by atoms with E-state index in [4.69, 9.17) is 4.42 Å². The largest absolute Gasteiger partial charge is 0.468 e. The number of nitrogens with one attached hydrogen (secondary N) is 1. The quantitative estimate of drug-likeness (QED) is 0.849. The molecule has 5 nitrogen and oxygen atoms in total. The number of benzene rings is 1. The summed E-state index contributed by atoms with van der Waals surface area (Å²) >= 11 is 0. The monoisotopic (exact) mass is 308 g/mol. The van der Waals surface area contributed by atoms with Crippen molar-refractivity contribution in [3.63, 3.8) is 0 Å². The second-order valence-corrected chi connectivity index (χ2v) is 6.95. The minimum Gasteiger partial charge on any atom is -0.468 e. The third-order valence-electron chi connectivity index (χ3n) is 3.09. The molecular formula is C15H20N2O3S. The maximum atomic E-state index is 11.2. The first-order chi connectivity index (χ1) is 9.94. The van der Waals surface area contributed by atoms with Crippen molar-refractivity contribution in [1.29, 1.82) is 0 Å². The van der Waals surface area contributed by atoms with Crippen molar-refractivity contribution in [1.82, 2.24) is 9.62 Å². The molecule has 1 N–H and O–H groups in total. The van der Waals surface area contributed by atoms with Gasteiger partial charge in [0.05, 0.1) is 19.1 Å². The molecule has 0 aliphatic heterocycles. The highest BCUT2D eigenvalue weighted by molar-refractivity contribution is 7.88. The molecule has 6 heteroatoms. The molecular weight excluding hydrogens is 288 g/mol. The molecule has 0 saturated heterocycles. The summed E-state index contributed by atoms with van der Waals surface area (Å²) in [6.07, 6.45) is 2.83. The van der Waals surface area contributed by atoms with Gasteiger partial charge < -0.3 is 4.42 Å². The number of hydrogen-bond acceptors (Lipinski definition) is 4. The molecule has 1 aromatic heterocycles. The van der Waals surface area contributed by atoms with Crippen LogP contribution in [-0.4, -0.2) is 26.6 Å². The lowest BCUT2D eigenvalue weighted by Gasteiger charge is -2.18. The van der Waals surface area contributed by atoms with E-state index in [9.17, 15) is 8.42 Å². The summed E-state index contributed by atoms with van der Waals surface area (Å²) in [6.45, 7) is 1.74. The summed E-state index contributed by atoms with van der Waals surface area (Å²) in [5, 5.41) is 0. The highest BCUT2D eigenvalue weighted by Gasteiger charge is 2.09. The predicted octanol–water partition coefficient (Wildman–Crippen LogP) is 1.96. The molecule has 0 bridgehead atoms.